The zero-order chi connectivity index (χ0) is 16.3. The number of allylic oxidation sites excluding steroid dienone is 5. The van der Waals surface area contributed by atoms with E-state index in [0.29, 0.717) is 0 Å². The largest absolute Gasteiger partial charge is 0.0953 e. The van der Waals surface area contributed by atoms with Gasteiger partial charge in [0.2, 0.25) is 0 Å². The summed E-state index contributed by atoms with van der Waals surface area (Å²) in [4.78, 5) is 0. The van der Waals surface area contributed by atoms with Crippen molar-refractivity contribution >= 4 is 5.57 Å². The van der Waals surface area contributed by atoms with E-state index < -0.39 is 0 Å². The van der Waals surface area contributed by atoms with Crippen LogP contribution < -0.4 is 0 Å². The molecule has 0 unspecified atom stereocenters. The molecule has 0 atom stereocenters. The van der Waals surface area contributed by atoms with Gasteiger partial charge in [-0.3, -0.25) is 0 Å². The van der Waals surface area contributed by atoms with Crippen molar-refractivity contribution in [3.8, 4) is 0 Å². The summed E-state index contributed by atoms with van der Waals surface area (Å²) >= 11 is 0. The Kier molecular flexibility index (Phi) is 5.39. The molecule has 0 aliphatic heterocycles. The van der Waals surface area contributed by atoms with E-state index in [1.54, 1.807) is 0 Å². The van der Waals surface area contributed by atoms with E-state index in [1.807, 2.05) is 0 Å². The van der Waals surface area contributed by atoms with Gasteiger partial charge in [-0.05, 0) is 40.0 Å². The van der Waals surface area contributed by atoms with Crippen LogP contribution >= 0.6 is 0 Å². The Labute approximate surface area is 131 Å². The minimum atomic E-state index is 0.117. The average molecular weight is 282 g/mol. The maximum Gasteiger partial charge on any atom is -0.0132 e. The van der Waals surface area contributed by atoms with Crippen molar-refractivity contribution in [2.75, 3.05) is 0 Å². The molecule has 1 aromatic rings. The zero-order valence-corrected chi connectivity index (χ0v) is 14.7. The van der Waals surface area contributed by atoms with Crippen molar-refractivity contribution < 1.29 is 0 Å². The number of hydrogen-bond acceptors (Lipinski definition) is 0. The molecule has 114 valence electrons. The van der Waals surface area contributed by atoms with Gasteiger partial charge in [-0.1, -0.05) is 90.6 Å². The summed E-state index contributed by atoms with van der Waals surface area (Å²) < 4.78 is 0. The van der Waals surface area contributed by atoms with Gasteiger partial charge in [0.1, 0.15) is 0 Å². The average Bonchev–Trinajstić information content (AvgIpc) is 2.37. The highest BCUT2D eigenvalue weighted by atomic mass is 14.2. The van der Waals surface area contributed by atoms with Crippen LogP contribution in [0.25, 0.3) is 5.57 Å². The molecule has 0 saturated carbocycles. The highest BCUT2D eigenvalue weighted by molar-refractivity contribution is 5.74. The van der Waals surface area contributed by atoms with Crippen LogP contribution in [0.5, 0.6) is 0 Å². The maximum absolute atomic E-state index is 4.16. The van der Waals surface area contributed by atoms with E-state index in [0.717, 1.165) is 5.57 Å². The third kappa shape index (κ3) is 5.04. The smallest absolute Gasteiger partial charge is 0.0132 e. The van der Waals surface area contributed by atoms with Gasteiger partial charge in [-0.25, -0.2) is 0 Å². The van der Waals surface area contributed by atoms with Crippen molar-refractivity contribution in [2.24, 2.45) is 5.41 Å². The van der Waals surface area contributed by atoms with Gasteiger partial charge in [0.15, 0.2) is 0 Å². The van der Waals surface area contributed by atoms with Gasteiger partial charge in [0.25, 0.3) is 0 Å². The van der Waals surface area contributed by atoms with Crippen LogP contribution in [0.15, 0.2) is 54.6 Å². The molecule has 1 aromatic carbocycles. The summed E-state index contributed by atoms with van der Waals surface area (Å²) in [5.41, 5.74) is 5.32. The minimum Gasteiger partial charge on any atom is -0.0953 e. The molecule has 0 aliphatic carbocycles. The lowest BCUT2D eigenvalue weighted by Crippen LogP contribution is -2.10. The predicted octanol–water partition coefficient (Wildman–Crippen LogP) is 6.55. The highest BCUT2D eigenvalue weighted by Crippen LogP contribution is 2.27. The van der Waals surface area contributed by atoms with Gasteiger partial charge in [0.05, 0.1) is 0 Å². The van der Waals surface area contributed by atoms with Crippen LogP contribution in [0, 0.1) is 5.41 Å². The fourth-order valence-electron chi connectivity index (χ4n) is 1.96. The SMILES string of the molecule is C=C(/C=C\C(=C/C)c1ccc(C(C)(C)C)cc1)C(C)(C)C. The molecular weight excluding hydrogens is 252 g/mol. The molecule has 0 saturated heterocycles. The third-order valence-corrected chi connectivity index (χ3v) is 3.82. The lowest BCUT2D eigenvalue weighted by atomic mass is 9.85. The Morgan fingerprint density at radius 3 is 1.81 bits per heavy atom. The fourth-order valence-corrected chi connectivity index (χ4v) is 1.96. The second kappa shape index (κ2) is 6.47. The normalized spacial score (nSPS) is 13.8. The lowest BCUT2D eigenvalue weighted by Gasteiger charge is -2.20. The van der Waals surface area contributed by atoms with Gasteiger partial charge >= 0.3 is 0 Å². The first-order valence-corrected chi connectivity index (χ1v) is 7.70. The molecule has 0 aliphatic rings. The second-order valence-corrected chi connectivity index (χ2v) is 7.68. The van der Waals surface area contributed by atoms with Gasteiger partial charge < -0.3 is 0 Å². The van der Waals surface area contributed by atoms with Crippen LogP contribution in [-0.4, -0.2) is 0 Å². The summed E-state index contributed by atoms with van der Waals surface area (Å²) in [5.74, 6) is 0. The predicted molar refractivity (Wildman–Crippen MR) is 96.5 cm³/mol. The zero-order valence-electron chi connectivity index (χ0n) is 14.7. The molecule has 0 radical (unpaired) electrons. The van der Waals surface area contributed by atoms with Crippen LogP contribution in [0.2, 0.25) is 0 Å². The van der Waals surface area contributed by atoms with E-state index in [4.69, 9.17) is 0 Å². The second-order valence-electron chi connectivity index (χ2n) is 7.68. The molecule has 0 spiro atoms. The molecule has 0 fully saturated rings. The Morgan fingerprint density at radius 2 is 1.43 bits per heavy atom. The third-order valence-electron chi connectivity index (χ3n) is 3.82. The maximum atomic E-state index is 4.16. The molecule has 0 heteroatoms. The summed E-state index contributed by atoms with van der Waals surface area (Å²) in [6.45, 7) is 19.5. The Bertz CT molecular complexity index is 537. The molecule has 0 heterocycles. The van der Waals surface area contributed by atoms with Gasteiger partial charge in [-0.15, -0.1) is 0 Å². The summed E-state index contributed by atoms with van der Waals surface area (Å²) in [6, 6.07) is 8.87. The molecule has 0 amide bonds. The molecule has 0 bridgehead atoms. The van der Waals surface area contributed by atoms with E-state index >= 15 is 0 Å². The van der Waals surface area contributed by atoms with E-state index in [-0.39, 0.29) is 10.8 Å². The molecule has 0 N–H and O–H groups in total. The summed E-state index contributed by atoms with van der Waals surface area (Å²) in [6.07, 6.45) is 6.45. The van der Waals surface area contributed by atoms with Crippen LogP contribution in [0.3, 0.4) is 0 Å². The number of hydrogen-bond donors (Lipinski definition) is 0. The monoisotopic (exact) mass is 282 g/mol. The molecule has 0 aromatic heterocycles. The lowest BCUT2D eigenvalue weighted by molar-refractivity contribution is 0.519. The van der Waals surface area contributed by atoms with Crippen LogP contribution in [0.1, 0.15) is 59.6 Å². The standard InChI is InChI=1S/C21H30/c1-9-17(11-10-16(2)20(3,4)5)18-12-14-19(15-13-18)21(6,7)8/h9-15H,2H2,1,3-8H3/b11-10-,17-9+. The molecule has 0 nitrogen and oxygen atoms in total. The van der Waals surface area contributed by atoms with Gasteiger partial charge in [-0.2, -0.15) is 0 Å². The number of benzene rings is 1. The first kappa shape index (κ1) is 17.5. The Balaban J connectivity index is 2.98. The topological polar surface area (TPSA) is 0 Å². The number of rotatable bonds is 3. The Morgan fingerprint density at radius 1 is 0.905 bits per heavy atom. The van der Waals surface area contributed by atoms with Crippen molar-refractivity contribution in [3.63, 3.8) is 0 Å². The van der Waals surface area contributed by atoms with E-state index in [1.165, 1.54) is 16.7 Å². The van der Waals surface area contributed by atoms with Crippen molar-refractivity contribution in [2.45, 2.75) is 53.9 Å². The van der Waals surface area contributed by atoms with Crippen molar-refractivity contribution in [1.82, 2.24) is 0 Å². The molecular formula is C21H30. The molecule has 1 rings (SSSR count). The fraction of sp³-hybridized carbons (Fsp3) is 0.429. The summed E-state index contributed by atoms with van der Waals surface area (Å²) in [7, 11) is 0. The quantitative estimate of drug-likeness (QED) is 0.552. The molecule has 21 heavy (non-hydrogen) atoms. The minimum absolute atomic E-state index is 0.117. The summed E-state index contributed by atoms with van der Waals surface area (Å²) in [5, 5.41) is 0. The van der Waals surface area contributed by atoms with E-state index in [2.05, 4.69) is 97.5 Å². The van der Waals surface area contributed by atoms with E-state index in [9.17, 15) is 0 Å². The van der Waals surface area contributed by atoms with Crippen molar-refractivity contribution in [1.29, 1.82) is 0 Å². The Hall–Kier alpha value is -1.56. The first-order chi connectivity index (χ1) is 9.55. The highest BCUT2D eigenvalue weighted by Gasteiger charge is 2.14. The van der Waals surface area contributed by atoms with Crippen molar-refractivity contribution in [3.05, 3.63) is 65.8 Å². The first-order valence-electron chi connectivity index (χ1n) is 7.70. The van der Waals surface area contributed by atoms with Crippen LogP contribution in [0.4, 0.5) is 0 Å². The van der Waals surface area contributed by atoms with Gasteiger partial charge in [0, 0.05) is 0 Å². The van der Waals surface area contributed by atoms with Crippen LogP contribution in [-0.2, 0) is 5.41 Å².